The van der Waals surface area contributed by atoms with Crippen LogP contribution >= 0.6 is 0 Å². The van der Waals surface area contributed by atoms with Gasteiger partial charge in [0.25, 0.3) is 0 Å². The predicted molar refractivity (Wildman–Crippen MR) is 65.6 cm³/mol. The smallest absolute Gasteiger partial charge is 0.155 e. The van der Waals surface area contributed by atoms with Crippen LogP contribution in [0, 0.1) is 0 Å². The fourth-order valence-corrected chi connectivity index (χ4v) is 1.93. The molecule has 1 radical (unpaired) electrons. The summed E-state index contributed by atoms with van der Waals surface area (Å²) < 4.78 is 11.5. The Hall–Kier alpha value is -0.795. The lowest BCUT2D eigenvalue weighted by Crippen LogP contribution is -2.26. The van der Waals surface area contributed by atoms with Crippen LogP contribution in [0.1, 0.15) is 19.4 Å². The molecule has 2 nitrogen and oxygen atoms in total. The van der Waals surface area contributed by atoms with Crippen molar-refractivity contribution in [2.75, 3.05) is 6.61 Å². The molecule has 1 fully saturated rings. The van der Waals surface area contributed by atoms with E-state index in [0.29, 0.717) is 13.2 Å². The first-order chi connectivity index (χ1) is 7.66. The second-order valence-electron chi connectivity index (χ2n) is 4.78. The number of hydrogen-bond acceptors (Lipinski definition) is 2. The Labute approximate surface area is 98.2 Å². The standard InChI is InChI=1S/C13H18BO2/c1-13(2)14-8-12(16-13)10-15-9-11-6-4-3-5-7-11/h3-7,12H,8-10H2,1-2H3. The average Bonchev–Trinajstić information content (AvgIpc) is 2.60. The molecule has 0 aromatic heterocycles. The van der Waals surface area contributed by atoms with Crippen LogP contribution in [0.15, 0.2) is 30.3 Å². The van der Waals surface area contributed by atoms with Crippen LogP contribution in [0.4, 0.5) is 0 Å². The van der Waals surface area contributed by atoms with Gasteiger partial charge >= 0.3 is 0 Å². The second-order valence-corrected chi connectivity index (χ2v) is 4.78. The molecular formula is C13H18BO2. The Bertz CT molecular complexity index is 324. The van der Waals surface area contributed by atoms with Crippen LogP contribution < -0.4 is 0 Å². The van der Waals surface area contributed by atoms with E-state index in [-0.39, 0.29) is 11.6 Å². The van der Waals surface area contributed by atoms with Gasteiger partial charge in [-0.25, -0.2) is 0 Å². The van der Waals surface area contributed by atoms with Crippen LogP contribution in [-0.4, -0.2) is 25.5 Å². The van der Waals surface area contributed by atoms with Crippen molar-refractivity contribution in [2.45, 2.75) is 38.4 Å². The zero-order valence-electron chi connectivity index (χ0n) is 9.98. The molecule has 1 saturated heterocycles. The summed E-state index contributed by atoms with van der Waals surface area (Å²) in [6.45, 7) is 5.52. The van der Waals surface area contributed by atoms with Gasteiger partial charge in [0.15, 0.2) is 7.28 Å². The average molecular weight is 217 g/mol. The molecule has 1 unspecified atom stereocenters. The van der Waals surface area contributed by atoms with Gasteiger partial charge in [0, 0.05) is 5.50 Å². The molecule has 16 heavy (non-hydrogen) atoms. The molecular weight excluding hydrogens is 199 g/mol. The molecule has 1 aliphatic rings. The Morgan fingerprint density at radius 3 is 2.75 bits per heavy atom. The number of ether oxygens (including phenoxy) is 2. The van der Waals surface area contributed by atoms with Crippen molar-refractivity contribution in [3.05, 3.63) is 35.9 Å². The third-order valence-electron chi connectivity index (χ3n) is 2.76. The summed E-state index contributed by atoms with van der Waals surface area (Å²) in [6, 6.07) is 10.2. The predicted octanol–water partition coefficient (Wildman–Crippen LogP) is 2.46. The number of benzene rings is 1. The number of hydrogen-bond donors (Lipinski definition) is 0. The molecule has 1 aromatic carbocycles. The highest BCUT2D eigenvalue weighted by atomic mass is 16.5. The van der Waals surface area contributed by atoms with Crippen LogP contribution in [0.2, 0.25) is 6.32 Å². The lowest BCUT2D eigenvalue weighted by molar-refractivity contribution is -0.0411. The van der Waals surface area contributed by atoms with Gasteiger partial charge in [0.05, 0.1) is 19.3 Å². The molecule has 85 valence electrons. The van der Waals surface area contributed by atoms with Gasteiger partial charge in [-0.2, -0.15) is 0 Å². The van der Waals surface area contributed by atoms with Gasteiger partial charge in [-0.1, -0.05) is 30.3 Å². The maximum absolute atomic E-state index is 5.81. The summed E-state index contributed by atoms with van der Waals surface area (Å²) in [7, 11) is 2.21. The normalized spacial score (nSPS) is 23.0. The van der Waals surface area contributed by atoms with E-state index in [1.165, 1.54) is 5.56 Å². The molecule has 0 amide bonds. The van der Waals surface area contributed by atoms with Crippen molar-refractivity contribution in [2.24, 2.45) is 0 Å². The molecule has 1 aliphatic heterocycles. The van der Waals surface area contributed by atoms with Crippen LogP contribution in [0.3, 0.4) is 0 Å². The topological polar surface area (TPSA) is 18.5 Å². The van der Waals surface area contributed by atoms with Crippen molar-refractivity contribution < 1.29 is 9.47 Å². The van der Waals surface area contributed by atoms with E-state index < -0.39 is 0 Å². The monoisotopic (exact) mass is 217 g/mol. The Balaban J connectivity index is 1.70. The summed E-state index contributed by atoms with van der Waals surface area (Å²) in [4.78, 5) is 0. The molecule has 0 N–H and O–H groups in total. The minimum atomic E-state index is -0.0826. The summed E-state index contributed by atoms with van der Waals surface area (Å²) in [5.41, 5.74) is 1.13. The van der Waals surface area contributed by atoms with Gasteiger partial charge < -0.3 is 9.47 Å². The molecule has 0 spiro atoms. The van der Waals surface area contributed by atoms with Crippen LogP contribution in [-0.2, 0) is 16.1 Å². The minimum absolute atomic E-state index is 0.0826. The largest absolute Gasteiger partial charge is 0.380 e. The third kappa shape index (κ3) is 3.36. The van der Waals surface area contributed by atoms with E-state index in [9.17, 15) is 0 Å². The van der Waals surface area contributed by atoms with Crippen molar-refractivity contribution in [3.8, 4) is 0 Å². The molecule has 0 bridgehead atoms. The fourth-order valence-electron chi connectivity index (χ4n) is 1.93. The minimum Gasteiger partial charge on any atom is -0.380 e. The lowest BCUT2D eigenvalue weighted by Gasteiger charge is -2.19. The van der Waals surface area contributed by atoms with E-state index in [1.807, 2.05) is 18.2 Å². The van der Waals surface area contributed by atoms with E-state index >= 15 is 0 Å². The molecule has 0 saturated carbocycles. The van der Waals surface area contributed by atoms with Crippen molar-refractivity contribution >= 4 is 7.28 Å². The summed E-state index contributed by atoms with van der Waals surface area (Å²) >= 11 is 0. The highest BCUT2D eigenvalue weighted by molar-refractivity contribution is 6.40. The maximum Gasteiger partial charge on any atom is 0.155 e. The van der Waals surface area contributed by atoms with Gasteiger partial charge in [-0.15, -0.1) is 0 Å². The highest BCUT2D eigenvalue weighted by Crippen LogP contribution is 2.23. The molecule has 1 heterocycles. The van der Waals surface area contributed by atoms with E-state index in [4.69, 9.17) is 9.47 Å². The molecule has 1 atom stereocenters. The molecule has 0 aliphatic carbocycles. The molecule has 3 heteroatoms. The Morgan fingerprint density at radius 1 is 1.38 bits per heavy atom. The zero-order valence-corrected chi connectivity index (χ0v) is 9.98. The second kappa shape index (κ2) is 5.02. The van der Waals surface area contributed by atoms with Crippen LogP contribution in [0.5, 0.6) is 0 Å². The summed E-state index contributed by atoms with van der Waals surface area (Å²) in [6.07, 6.45) is 1.21. The summed E-state index contributed by atoms with van der Waals surface area (Å²) in [5.74, 6) is 0. The van der Waals surface area contributed by atoms with Crippen molar-refractivity contribution in [3.63, 3.8) is 0 Å². The first-order valence-electron chi connectivity index (χ1n) is 5.79. The lowest BCUT2D eigenvalue weighted by atomic mass is 9.62. The SMILES string of the molecule is CC1(C)[B]CC(COCc2ccccc2)O1. The quantitative estimate of drug-likeness (QED) is 0.721. The summed E-state index contributed by atoms with van der Waals surface area (Å²) in [5, 5.41) is 0. The van der Waals surface area contributed by atoms with E-state index in [1.54, 1.807) is 0 Å². The Kier molecular flexibility index (Phi) is 3.67. The third-order valence-corrected chi connectivity index (χ3v) is 2.76. The van der Waals surface area contributed by atoms with Gasteiger partial charge in [0.2, 0.25) is 0 Å². The van der Waals surface area contributed by atoms with Crippen molar-refractivity contribution in [1.29, 1.82) is 0 Å². The number of rotatable bonds is 4. The van der Waals surface area contributed by atoms with E-state index in [0.717, 1.165) is 6.32 Å². The first kappa shape index (κ1) is 11.7. The van der Waals surface area contributed by atoms with Gasteiger partial charge in [-0.3, -0.25) is 0 Å². The first-order valence-corrected chi connectivity index (χ1v) is 5.79. The van der Waals surface area contributed by atoms with Gasteiger partial charge in [-0.05, 0) is 25.7 Å². The molecule has 1 aromatic rings. The van der Waals surface area contributed by atoms with Gasteiger partial charge in [0.1, 0.15) is 0 Å². The highest BCUT2D eigenvalue weighted by Gasteiger charge is 2.32. The Morgan fingerprint density at radius 2 is 2.12 bits per heavy atom. The zero-order chi connectivity index (χ0) is 11.4. The fraction of sp³-hybridized carbons (Fsp3) is 0.538. The van der Waals surface area contributed by atoms with E-state index in [2.05, 4.69) is 33.3 Å². The van der Waals surface area contributed by atoms with Crippen molar-refractivity contribution in [1.82, 2.24) is 0 Å². The van der Waals surface area contributed by atoms with Crippen LogP contribution in [0.25, 0.3) is 0 Å². The molecule has 2 rings (SSSR count). The maximum atomic E-state index is 5.81.